The van der Waals surface area contributed by atoms with Gasteiger partial charge in [-0.25, -0.2) is 13.7 Å². The van der Waals surface area contributed by atoms with Crippen LogP contribution in [0.5, 0.6) is 5.75 Å². The van der Waals surface area contributed by atoms with Gasteiger partial charge in [-0.3, -0.25) is 24.1 Å². The number of allylic oxidation sites excluding steroid dienone is 2. The van der Waals surface area contributed by atoms with Gasteiger partial charge in [0.2, 0.25) is 23.6 Å². The molecule has 0 bridgehead atoms. The highest BCUT2D eigenvalue weighted by atomic mass is 79.9. The van der Waals surface area contributed by atoms with Crippen molar-refractivity contribution in [3.05, 3.63) is 99.0 Å². The highest BCUT2D eigenvalue weighted by Gasteiger charge is 2.67. The fraction of sp³-hybridized carbons (Fsp3) is 0.273. The monoisotopic (exact) mass is 680 g/mol. The Morgan fingerprint density at radius 1 is 0.864 bits per heavy atom. The van der Waals surface area contributed by atoms with Crippen LogP contribution in [-0.4, -0.2) is 28.7 Å². The van der Waals surface area contributed by atoms with E-state index < -0.39 is 70.1 Å². The normalized spacial score (nSPS) is 29.5. The SMILES string of the molecule is CC12C(=O)N(c3ccc(F)c(Cl)c3)C(=O)C1CC1C(=CCC3C(=O)N(c4ccc(Br)cc4)C(=O)C31)C2c1ccc(O)c(F)c1. The molecule has 0 radical (unpaired) electrons. The lowest BCUT2D eigenvalue weighted by molar-refractivity contribution is -0.131. The van der Waals surface area contributed by atoms with Crippen molar-refractivity contribution in [1.29, 1.82) is 0 Å². The maximum Gasteiger partial charge on any atom is 0.241 e. The second-order valence-electron chi connectivity index (χ2n) is 12.0. The number of anilines is 2. The summed E-state index contributed by atoms with van der Waals surface area (Å²) in [5.41, 5.74) is 0.135. The van der Waals surface area contributed by atoms with E-state index in [1.807, 2.05) is 6.08 Å². The second-order valence-corrected chi connectivity index (χ2v) is 13.3. The summed E-state index contributed by atoms with van der Waals surface area (Å²) in [4.78, 5) is 58.4. The van der Waals surface area contributed by atoms with E-state index in [1.54, 1.807) is 31.2 Å². The highest BCUT2D eigenvalue weighted by molar-refractivity contribution is 9.10. The predicted octanol–water partition coefficient (Wildman–Crippen LogP) is 6.52. The van der Waals surface area contributed by atoms with Crippen molar-refractivity contribution >= 4 is 62.5 Å². The highest BCUT2D eigenvalue weighted by Crippen LogP contribution is 2.63. The Bertz CT molecular complexity index is 1830. The summed E-state index contributed by atoms with van der Waals surface area (Å²) >= 11 is 9.39. The van der Waals surface area contributed by atoms with Gasteiger partial charge in [0.25, 0.3) is 0 Å². The molecule has 7 rings (SSSR count). The molecule has 4 aliphatic rings. The van der Waals surface area contributed by atoms with Crippen molar-refractivity contribution in [2.75, 3.05) is 9.80 Å². The number of carbonyl (C=O) groups is 4. The number of amides is 4. The summed E-state index contributed by atoms with van der Waals surface area (Å²) in [5.74, 6) is -7.89. The summed E-state index contributed by atoms with van der Waals surface area (Å²) in [6, 6.07) is 14.2. The molecule has 3 aromatic carbocycles. The molecule has 6 unspecified atom stereocenters. The minimum absolute atomic E-state index is 0.0982. The lowest BCUT2D eigenvalue weighted by atomic mass is 9.51. The second kappa shape index (κ2) is 10.1. The zero-order chi connectivity index (χ0) is 31.2. The summed E-state index contributed by atoms with van der Waals surface area (Å²) < 4.78 is 29.6. The van der Waals surface area contributed by atoms with E-state index in [0.29, 0.717) is 16.8 Å². The van der Waals surface area contributed by atoms with Gasteiger partial charge in [0.05, 0.1) is 39.6 Å². The fourth-order valence-electron chi connectivity index (χ4n) is 7.81. The number of rotatable bonds is 3. The minimum Gasteiger partial charge on any atom is -0.505 e. The van der Waals surface area contributed by atoms with Gasteiger partial charge >= 0.3 is 0 Å². The van der Waals surface area contributed by atoms with E-state index in [-0.39, 0.29) is 29.5 Å². The van der Waals surface area contributed by atoms with Crippen LogP contribution < -0.4 is 9.80 Å². The first-order valence-corrected chi connectivity index (χ1v) is 15.3. The van der Waals surface area contributed by atoms with Gasteiger partial charge in [-0.05, 0) is 85.8 Å². The van der Waals surface area contributed by atoms with Gasteiger partial charge in [-0.15, -0.1) is 0 Å². The molecular weight excluding hydrogens is 658 g/mol. The first-order chi connectivity index (χ1) is 20.9. The van der Waals surface area contributed by atoms with Gasteiger partial charge in [0.1, 0.15) is 5.82 Å². The third kappa shape index (κ3) is 3.96. The van der Waals surface area contributed by atoms with Gasteiger partial charge < -0.3 is 5.11 Å². The van der Waals surface area contributed by atoms with Crippen LogP contribution in [0.2, 0.25) is 5.02 Å². The van der Waals surface area contributed by atoms with E-state index in [1.165, 1.54) is 29.2 Å². The molecule has 3 aromatic rings. The molecule has 7 nitrogen and oxygen atoms in total. The van der Waals surface area contributed by atoms with Gasteiger partial charge in [-0.1, -0.05) is 45.2 Å². The van der Waals surface area contributed by atoms with E-state index in [9.17, 15) is 33.1 Å². The minimum atomic E-state index is -1.42. The summed E-state index contributed by atoms with van der Waals surface area (Å²) in [7, 11) is 0. The lowest BCUT2D eigenvalue weighted by Crippen LogP contribution is -2.48. The molecule has 0 aromatic heterocycles. The van der Waals surface area contributed by atoms with Crippen LogP contribution in [0.4, 0.5) is 20.2 Å². The van der Waals surface area contributed by atoms with Gasteiger partial charge in [0.15, 0.2) is 11.6 Å². The lowest BCUT2D eigenvalue weighted by Gasteiger charge is -2.49. The van der Waals surface area contributed by atoms with Crippen LogP contribution in [0.3, 0.4) is 0 Å². The van der Waals surface area contributed by atoms with Crippen LogP contribution in [0.1, 0.15) is 31.2 Å². The molecule has 44 heavy (non-hydrogen) atoms. The average molecular weight is 682 g/mol. The number of phenols is 1. The number of nitrogens with zero attached hydrogens (tertiary/aromatic N) is 2. The molecule has 2 heterocycles. The molecule has 1 N–H and O–H groups in total. The molecule has 2 aliphatic carbocycles. The molecule has 1 saturated carbocycles. The Balaban J connectivity index is 1.37. The van der Waals surface area contributed by atoms with E-state index in [0.717, 1.165) is 21.5 Å². The van der Waals surface area contributed by atoms with Crippen LogP contribution >= 0.6 is 27.5 Å². The Kier molecular flexibility index (Phi) is 6.60. The van der Waals surface area contributed by atoms with Crippen molar-refractivity contribution in [2.45, 2.75) is 25.7 Å². The van der Waals surface area contributed by atoms with Crippen molar-refractivity contribution in [1.82, 2.24) is 0 Å². The summed E-state index contributed by atoms with van der Waals surface area (Å²) in [5, 5.41) is 9.69. The molecule has 2 aliphatic heterocycles. The molecule has 224 valence electrons. The molecule has 11 heteroatoms. The zero-order valence-corrected chi connectivity index (χ0v) is 25.5. The number of fused-ring (bicyclic) bond motifs is 4. The van der Waals surface area contributed by atoms with Crippen molar-refractivity contribution in [2.24, 2.45) is 29.1 Å². The standard InChI is InChI=1S/C33H24BrClF2N2O5/c1-33-22(30(42)39(32(33)44)18-7-10-24(36)23(35)13-18)14-21-19(28(33)15-2-11-26(40)25(37)12-15)8-9-20-27(21)31(43)38(29(20)41)17-5-3-16(34)4-6-17/h2-8,10-13,20-22,27-28,40H,9,14H2,1H3. The quantitative estimate of drug-likeness (QED) is 0.251. The number of carbonyl (C=O) groups excluding carboxylic acids is 4. The molecule has 3 fully saturated rings. The number of imide groups is 2. The largest absolute Gasteiger partial charge is 0.505 e. The maximum absolute atomic E-state index is 14.8. The van der Waals surface area contributed by atoms with Gasteiger partial charge in [-0.2, -0.15) is 0 Å². The summed E-state index contributed by atoms with van der Waals surface area (Å²) in [6.45, 7) is 1.65. The zero-order valence-electron chi connectivity index (χ0n) is 23.1. The molecule has 4 amide bonds. The van der Waals surface area contributed by atoms with Crippen molar-refractivity contribution in [3.63, 3.8) is 0 Å². The molecule has 2 saturated heterocycles. The first-order valence-electron chi connectivity index (χ1n) is 14.1. The number of hydrogen-bond donors (Lipinski definition) is 1. The maximum atomic E-state index is 14.8. The Morgan fingerprint density at radius 2 is 1.57 bits per heavy atom. The number of phenolic OH excluding ortho intramolecular Hbond substituents is 1. The predicted molar refractivity (Wildman–Crippen MR) is 161 cm³/mol. The van der Waals surface area contributed by atoms with Crippen LogP contribution in [0, 0.1) is 40.7 Å². The first kappa shape index (κ1) is 28.9. The number of aromatic hydroxyl groups is 1. The summed E-state index contributed by atoms with van der Waals surface area (Å²) in [6.07, 6.45) is 2.18. The average Bonchev–Trinajstić information content (AvgIpc) is 3.36. The third-order valence-electron chi connectivity index (χ3n) is 9.83. The van der Waals surface area contributed by atoms with E-state index in [2.05, 4.69) is 15.9 Å². The van der Waals surface area contributed by atoms with Crippen LogP contribution in [0.25, 0.3) is 0 Å². The third-order valence-corrected chi connectivity index (χ3v) is 10.6. The Hall–Kier alpha value is -3.89. The van der Waals surface area contributed by atoms with E-state index >= 15 is 0 Å². The van der Waals surface area contributed by atoms with Crippen molar-refractivity contribution < 1.29 is 33.1 Å². The fourth-order valence-corrected chi connectivity index (χ4v) is 8.25. The van der Waals surface area contributed by atoms with E-state index in [4.69, 9.17) is 11.6 Å². The van der Waals surface area contributed by atoms with Crippen LogP contribution in [0.15, 0.2) is 76.8 Å². The Morgan fingerprint density at radius 3 is 2.25 bits per heavy atom. The van der Waals surface area contributed by atoms with Crippen LogP contribution in [-0.2, 0) is 19.2 Å². The van der Waals surface area contributed by atoms with Gasteiger partial charge in [0, 0.05) is 10.4 Å². The van der Waals surface area contributed by atoms with Crippen molar-refractivity contribution in [3.8, 4) is 5.75 Å². The number of halogens is 4. The molecule has 0 spiro atoms. The smallest absolute Gasteiger partial charge is 0.241 e. The Labute approximate surface area is 264 Å². The molecule has 6 atom stereocenters. The number of hydrogen-bond acceptors (Lipinski definition) is 5. The topological polar surface area (TPSA) is 95.0 Å². The number of benzene rings is 3. The molecular formula is C33H24BrClF2N2O5.